The third-order valence-electron chi connectivity index (χ3n) is 2.36. The van der Waals surface area contributed by atoms with Crippen LogP contribution in [0.4, 0.5) is 0 Å². The molecule has 0 aliphatic rings. The van der Waals surface area contributed by atoms with Crippen molar-refractivity contribution >= 4 is 17.6 Å². The van der Waals surface area contributed by atoms with Crippen molar-refractivity contribution in [1.82, 2.24) is 9.78 Å². The molecule has 1 heterocycles. The number of benzene rings is 1. The summed E-state index contributed by atoms with van der Waals surface area (Å²) in [5, 5.41) is 11.9. The van der Waals surface area contributed by atoms with Gasteiger partial charge in [-0.25, -0.2) is 9.48 Å². The minimum Gasteiger partial charge on any atom is -0.477 e. The van der Waals surface area contributed by atoms with Crippen molar-refractivity contribution in [3.8, 4) is 0 Å². The zero-order chi connectivity index (χ0) is 12.4. The van der Waals surface area contributed by atoms with E-state index in [-0.39, 0.29) is 12.1 Å². The summed E-state index contributed by atoms with van der Waals surface area (Å²) in [7, 11) is 0. The van der Waals surface area contributed by atoms with E-state index in [9.17, 15) is 9.59 Å². The molecule has 0 aliphatic carbocycles. The molecule has 2 aromatic rings. The number of nitrogens with zero attached hydrogens (tertiary/aromatic N) is 1. The third-order valence-corrected chi connectivity index (χ3v) is 2.73. The molecule has 0 saturated heterocycles. The van der Waals surface area contributed by atoms with Crippen molar-refractivity contribution < 1.29 is 9.90 Å². The molecule has 6 heteroatoms. The van der Waals surface area contributed by atoms with Crippen molar-refractivity contribution in [2.75, 3.05) is 0 Å². The highest BCUT2D eigenvalue weighted by Gasteiger charge is 2.13. The second kappa shape index (κ2) is 4.47. The van der Waals surface area contributed by atoms with E-state index in [0.717, 1.165) is 5.56 Å². The number of rotatable bonds is 3. The first-order chi connectivity index (χ1) is 8.09. The van der Waals surface area contributed by atoms with Crippen molar-refractivity contribution in [3.05, 3.63) is 57.0 Å². The monoisotopic (exact) mass is 252 g/mol. The lowest BCUT2D eigenvalue weighted by atomic mass is 10.2. The molecule has 0 fully saturated rings. The highest BCUT2D eigenvalue weighted by atomic mass is 35.5. The molecule has 5 nitrogen and oxygen atoms in total. The first-order valence-corrected chi connectivity index (χ1v) is 5.22. The van der Waals surface area contributed by atoms with Gasteiger partial charge in [0, 0.05) is 11.2 Å². The number of nitrogens with one attached hydrogen (secondary N) is 1. The summed E-state index contributed by atoms with van der Waals surface area (Å²) < 4.78 is 1.20. The van der Waals surface area contributed by atoms with Gasteiger partial charge in [0.25, 0.3) is 5.56 Å². The number of H-pyrrole nitrogens is 1. The standard InChI is InChI=1S/C11H9ClN2O3/c12-9-4-2-1-3-7(9)6-14-10(15)8(5-13-14)11(16)17/h1-5,13H,6H2,(H,16,17). The van der Waals surface area contributed by atoms with Gasteiger partial charge in [-0.15, -0.1) is 0 Å². The van der Waals surface area contributed by atoms with Crippen LogP contribution in [0.1, 0.15) is 15.9 Å². The smallest absolute Gasteiger partial charge is 0.342 e. The molecule has 0 saturated carbocycles. The Morgan fingerprint density at radius 1 is 1.41 bits per heavy atom. The van der Waals surface area contributed by atoms with Crippen LogP contribution in [0, 0.1) is 0 Å². The summed E-state index contributed by atoms with van der Waals surface area (Å²) in [5.41, 5.74) is -0.107. The number of hydrogen-bond acceptors (Lipinski definition) is 2. The molecule has 0 spiro atoms. The van der Waals surface area contributed by atoms with Gasteiger partial charge in [0.2, 0.25) is 0 Å². The summed E-state index contributed by atoms with van der Waals surface area (Å²) >= 11 is 5.95. The minimum atomic E-state index is -1.25. The lowest BCUT2D eigenvalue weighted by Gasteiger charge is -2.03. The normalized spacial score (nSPS) is 10.4. The van der Waals surface area contributed by atoms with Gasteiger partial charge >= 0.3 is 5.97 Å². The summed E-state index contributed by atoms with van der Waals surface area (Å²) in [4.78, 5) is 22.3. The summed E-state index contributed by atoms with van der Waals surface area (Å²) in [6.45, 7) is 0.214. The largest absolute Gasteiger partial charge is 0.477 e. The molecule has 0 aliphatic heterocycles. The summed E-state index contributed by atoms with van der Waals surface area (Å²) in [5.74, 6) is -1.25. The Morgan fingerprint density at radius 3 is 2.71 bits per heavy atom. The van der Waals surface area contributed by atoms with E-state index in [0.29, 0.717) is 5.02 Å². The Labute approximate surface area is 101 Å². The predicted molar refractivity (Wildman–Crippen MR) is 62.6 cm³/mol. The molecule has 0 atom stereocenters. The Balaban J connectivity index is 2.35. The minimum absolute atomic E-state index is 0.214. The van der Waals surface area contributed by atoms with Crippen LogP contribution in [0.2, 0.25) is 5.02 Å². The molecule has 2 rings (SSSR count). The molecule has 0 unspecified atom stereocenters. The Morgan fingerprint density at radius 2 is 2.12 bits per heavy atom. The molecule has 17 heavy (non-hydrogen) atoms. The fraction of sp³-hybridized carbons (Fsp3) is 0.0909. The molecule has 0 bridgehead atoms. The van der Waals surface area contributed by atoms with Crippen LogP contribution in [0.3, 0.4) is 0 Å². The lowest BCUT2D eigenvalue weighted by Crippen LogP contribution is -2.22. The molecule has 1 aromatic heterocycles. The summed E-state index contributed by atoms with van der Waals surface area (Å²) in [6.07, 6.45) is 1.17. The van der Waals surface area contributed by atoms with Gasteiger partial charge < -0.3 is 10.2 Å². The van der Waals surface area contributed by atoms with Crippen molar-refractivity contribution in [2.45, 2.75) is 6.54 Å². The molecule has 0 radical (unpaired) electrons. The van der Waals surface area contributed by atoms with Gasteiger partial charge in [-0.05, 0) is 11.6 Å². The number of aromatic amines is 1. The van der Waals surface area contributed by atoms with Crippen LogP contribution in [0.5, 0.6) is 0 Å². The number of hydrogen-bond donors (Lipinski definition) is 2. The maximum absolute atomic E-state index is 11.6. The van der Waals surface area contributed by atoms with Crippen LogP contribution in [-0.4, -0.2) is 20.9 Å². The van der Waals surface area contributed by atoms with Crippen LogP contribution in [0.25, 0.3) is 0 Å². The maximum atomic E-state index is 11.6. The van der Waals surface area contributed by atoms with Crippen molar-refractivity contribution in [3.63, 3.8) is 0 Å². The van der Waals surface area contributed by atoms with E-state index in [4.69, 9.17) is 16.7 Å². The second-order valence-electron chi connectivity index (χ2n) is 3.47. The fourth-order valence-electron chi connectivity index (χ4n) is 1.48. The number of aromatic carboxylic acids is 1. The third kappa shape index (κ3) is 2.24. The zero-order valence-electron chi connectivity index (χ0n) is 8.68. The zero-order valence-corrected chi connectivity index (χ0v) is 9.44. The van der Waals surface area contributed by atoms with Crippen LogP contribution >= 0.6 is 11.6 Å². The Bertz CT molecular complexity index is 615. The van der Waals surface area contributed by atoms with E-state index in [1.165, 1.54) is 10.9 Å². The Kier molecular flexibility index (Phi) is 3.01. The van der Waals surface area contributed by atoms with Crippen LogP contribution in [0.15, 0.2) is 35.3 Å². The first-order valence-electron chi connectivity index (χ1n) is 4.84. The number of halogens is 1. The quantitative estimate of drug-likeness (QED) is 0.871. The topological polar surface area (TPSA) is 75.1 Å². The van der Waals surface area contributed by atoms with Gasteiger partial charge in [0.05, 0.1) is 6.54 Å². The first kappa shape index (κ1) is 11.5. The highest BCUT2D eigenvalue weighted by Crippen LogP contribution is 2.15. The van der Waals surface area contributed by atoms with Gasteiger partial charge in [-0.2, -0.15) is 0 Å². The van der Waals surface area contributed by atoms with Gasteiger partial charge in [-0.3, -0.25) is 4.79 Å². The fourth-order valence-corrected chi connectivity index (χ4v) is 1.67. The van der Waals surface area contributed by atoms with Crippen LogP contribution < -0.4 is 5.56 Å². The van der Waals surface area contributed by atoms with E-state index in [1.807, 2.05) is 0 Å². The molecule has 1 aromatic carbocycles. The molecule has 2 N–H and O–H groups in total. The van der Waals surface area contributed by atoms with E-state index < -0.39 is 11.5 Å². The van der Waals surface area contributed by atoms with Crippen LogP contribution in [-0.2, 0) is 6.54 Å². The number of carbonyl (C=O) groups is 1. The number of carboxylic acid groups (broad SMARTS) is 1. The molecule has 88 valence electrons. The maximum Gasteiger partial charge on any atom is 0.342 e. The Hall–Kier alpha value is -2.01. The van der Waals surface area contributed by atoms with E-state index >= 15 is 0 Å². The van der Waals surface area contributed by atoms with Crippen molar-refractivity contribution in [2.24, 2.45) is 0 Å². The molecular formula is C11H9ClN2O3. The number of carboxylic acids is 1. The SMILES string of the molecule is O=C(O)c1c[nH]n(Cc2ccccc2Cl)c1=O. The summed E-state index contributed by atoms with van der Waals surface area (Å²) in [6, 6.07) is 7.07. The highest BCUT2D eigenvalue weighted by molar-refractivity contribution is 6.31. The average Bonchev–Trinajstić information content (AvgIpc) is 2.64. The number of aromatic nitrogens is 2. The average molecular weight is 253 g/mol. The molecule has 0 amide bonds. The van der Waals surface area contributed by atoms with Gasteiger partial charge in [0.15, 0.2) is 0 Å². The predicted octanol–water partition coefficient (Wildman–Crippen LogP) is 1.58. The van der Waals surface area contributed by atoms with Gasteiger partial charge in [0.1, 0.15) is 5.56 Å². The van der Waals surface area contributed by atoms with Gasteiger partial charge in [-0.1, -0.05) is 29.8 Å². The molecular weight excluding hydrogens is 244 g/mol. The van der Waals surface area contributed by atoms with E-state index in [1.54, 1.807) is 24.3 Å². The lowest BCUT2D eigenvalue weighted by molar-refractivity contribution is 0.0695. The second-order valence-corrected chi connectivity index (χ2v) is 3.88. The van der Waals surface area contributed by atoms with E-state index in [2.05, 4.69) is 5.10 Å². The van der Waals surface area contributed by atoms with Crippen molar-refractivity contribution in [1.29, 1.82) is 0 Å².